The molecule has 6 heteroatoms. The van der Waals surface area contributed by atoms with Crippen molar-refractivity contribution in [3.63, 3.8) is 0 Å². The molecule has 0 aromatic heterocycles. The molecule has 0 aliphatic carbocycles. The Bertz CT molecular complexity index is 1220. The van der Waals surface area contributed by atoms with Crippen LogP contribution < -0.4 is 19.1 Å². The van der Waals surface area contributed by atoms with Gasteiger partial charge in [-0.3, -0.25) is 4.79 Å². The molecule has 168 valence electrons. The number of ether oxygens (including phenoxy) is 3. The molecule has 3 aromatic carbocycles. The van der Waals surface area contributed by atoms with Gasteiger partial charge < -0.3 is 24.2 Å². The zero-order valence-corrected chi connectivity index (χ0v) is 18.2. The van der Waals surface area contributed by atoms with E-state index in [-0.39, 0.29) is 18.3 Å². The number of rotatable bonds is 5. The van der Waals surface area contributed by atoms with E-state index in [1.165, 1.54) is 11.1 Å². The number of para-hydroxylation sites is 3. The number of aliphatic carboxylic acids is 1. The number of hydrogen-bond acceptors (Lipinski definition) is 5. The highest BCUT2D eigenvalue weighted by Gasteiger charge is 2.31. The molecule has 0 unspecified atom stereocenters. The number of carbonyl (C=O) groups is 1. The van der Waals surface area contributed by atoms with Crippen LogP contribution in [-0.4, -0.2) is 37.4 Å². The second-order valence-corrected chi connectivity index (χ2v) is 8.85. The number of benzene rings is 3. The van der Waals surface area contributed by atoms with E-state index in [1.807, 2.05) is 24.3 Å². The minimum atomic E-state index is -0.793. The van der Waals surface area contributed by atoms with Crippen LogP contribution in [0.5, 0.6) is 17.2 Å². The first kappa shape index (κ1) is 20.0. The first-order valence-corrected chi connectivity index (χ1v) is 11.4. The predicted octanol–water partition coefficient (Wildman–Crippen LogP) is 4.89. The summed E-state index contributed by atoms with van der Waals surface area (Å²) >= 11 is 0. The Morgan fingerprint density at radius 3 is 2.64 bits per heavy atom. The SMILES string of the molecule is O=C(O)C[C@@H]1COc2cc(C[C@@H]3COc4c3cccc4N3CCOc4ccccc43)ccc21. The van der Waals surface area contributed by atoms with Crippen LogP contribution in [0.3, 0.4) is 0 Å². The average Bonchev–Trinajstić information content (AvgIpc) is 3.42. The largest absolute Gasteiger partial charge is 0.493 e. The molecule has 0 radical (unpaired) electrons. The summed E-state index contributed by atoms with van der Waals surface area (Å²) in [5, 5.41) is 9.13. The highest BCUT2D eigenvalue weighted by molar-refractivity contribution is 5.76. The minimum absolute atomic E-state index is 0.0685. The highest BCUT2D eigenvalue weighted by Crippen LogP contribution is 2.47. The maximum Gasteiger partial charge on any atom is 0.304 e. The molecule has 0 saturated carbocycles. The Morgan fingerprint density at radius 1 is 0.879 bits per heavy atom. The lowest BCUT2D eigenvalue weighted by Gasteiger charge is -2.32. The Kier molecular flexibility index (Phi) is 4.86. The van der Waals surface area contributed by atoms with Crippen molar-refractivity contribution in [1.29, 1.82) is 0 Å². The molecular formula is C27H25NO5. The fraction of sp³-hybridized carbons (Fsp3) is 0.296. The van der Waals surface area contributed by atoms with Gasteiger partial charge in [0, 0.05) is 23.0 Å². The number of hydrogen-bond donors (Lipinski definition) is 1. The second kappa shape index (κ2) is 8.03. The van der Waals surface area contributed by atoms with Gasteiger partial charge in [-0.25, -0.2) is 0 Å². The van der Waals surface area contributed by atoms with Crippen molar-refractivity contribution in [2.45, 2.75) is 24.7 Å². The van der Waals surface area contributed by atoms with E-state index >= 15 is 0 Å². The van der Waals surface area contributed by atoms with Crippen molar-refractivity contribution in [2.75, 3.05) is 31.3 Å². The normalized spacial score (nSPS) is 20.2. The number of anilines is 2. The lowest BCUT2D eigenvalue weighted by molar-refractivity contribution is -0.137. The van der Waals surface area contributed by atoms with Crippen LogP contribution in [0.4, 0.5) is 11.4 Å². The van der Waals surface area contributed by atoms with Gasteiger partial charge in [-0.1, -0.05) is 36.4 Å². The van der Waals surface area contributed by atoms with E-state index in [9.17, 15) is 4.79 Å². The minimum Gasteiger partial charge on any atom is -0.493 e. The molecule has 3 aliphatic rings. The quantitative estimate of drug-likeness (QED) is 0.606. The Morgan fingerprint density at radius 2 is 1.73 bits per heavy atom. The summed E-state index contributed by atoms with van der Waals surface area (Å²) in [5.74, 6) is 2.07. The molecule has 33 heavy (non-hydrogen) atoms. The van der Waals surface area contributed by atoms with Crippen molar-refractivity contribution < 1.29 is 24.1 Å². The molecule has 3 aromatic rings. The number of fused-ring (bicyclic) bond motifs is 3. The fourth-order valence-corrected chi connectivity index (χ4v) is 5.21. The summed E-state index contributed by atoms with van der Waals surface area (Å²) in [4.78, 5) is 13.4. The van der Waals surface area contributed by atoms with Crippen molar-refractivity contribution in [3.05, 3.63) is 77.4 Å². The molecule has 6 rings (SSSR count). The van der Waals surface area contributed by atoms with Crippen molar-refractivity contribution in [2.24, 2.45) is 0 Å². The second-order valence-electron chi connectivity index (χ2n) is 8.85. The van der Waals surface area contributed by atoms with Crippen LogP contribution in [-0.2, 0) is 11.2 Å². The lowest BCUT2D eigenvalue weighted by atomic mass is 9.91. The van der Waals surface area contributed by atoms with Crippen molar-refractivity contribution in [1.82, 2.24) is 0 Å². The molecule has 0 amide bonds. The molecular weight excluding hydrogens is 418 g/mol. The first-order chi connectivity index (χ1) is 16.2. The Hall–Kier alpha value is -3.67. The van der Waals surface area contributed by atoms with Crippen LogP contribution in [0.25, 0.3) is 0 Å². The van der Waals surface area contributed by atoms with Gasteiger partial charge in [0.25, 0.3) is 0 Å². The smallest absolute Gasteiger partial charge is 0.304 e. The summed E-state index contributed by atoms with van der Waals surface area (Å²) in [6, 6.07) is 20.7. The molecule has 3 aliphatic heterocycles. The van der Waals surface area contributed by atoms with Gasteiger partial charge >= 0.3 is 5.97 Å². The van der Waals surface area contributed by atoms with Gasteiger partial charge in [0.1, 0.15) is 23.9 Å². The topological polar surface area (TPSA) is 68.2 Å². The van der Waals surface area contributed by atoms with Gasteiger partial charge in [-0.05, 0) is 36.2 Å². The molecule has 0 fully saturated rings. The zero-order valence-electron chi connectivity index (χ0n) is 18.2. The van der Waals surface area contributed by atoms with Crippen molar-refractivity contribution >= 4 is 17.3 Å². The standard InChI is InChI=1S/C27H25NO5/c29-26(30)14-19-15-32-25-13-17(8-9-20(19)25)12-18-16-33-27-21(18)4-3-6-23(27)28-10-11-31-24-7-2-1-5-22(24)28/h1-9,13,18-19H,10-12,14-16H2,(H,29,30)/t18-,19-/m1/s1. The van der Waals surface area contributed by atoms with Gasteiger partial charge in [0.2, 0.25) is 0 Å². The summed E-state index contributed by atoms with van der Waals surface area (Å²) < 4.78 is 17.9. The van der Waals surface area contributed by atoms with Gasteiger partial charge in [0.05, 0.1) is 37.6 Å². The Labute approximate surface area is 192 Å². The van der Waals surface area contributed by atoms with Gasteiger partial charge in [0.15, 0.2) is 0 Å². The number of carboxylic acid groups (broad SMARTS) is 1. The summed E-state index contributed by atoms with van der Waals surface area (Å²) in [6.07, 6.45) is 0.944. The number of nitrogens with zero attached hydrogens (tertiary/aromatic N) is 1. The van der Waals surface area contributed by atoms with Gasteiger partial charge in [-0.15, -0.1) is 0 Å². The third-order valence-electron chi connectivity index (χ3n) is 6.77. The molecule has 3 heterocycles. The lowest BCUT2D eigenvalue weighted by Crippen LogP contribution is -2.28. The predicted molar refractivity (Wildman–Crippen MR) is 124 cm³/mol. The van der Waals surface area contributed by atoms with Crippen LogP contribution >= 0.6 is 0 Å². The van der Waals surface area contributed by atoms with E-state index in [0.717, 1.165) is 47.2 Å². The maximum absolute atomic E-state index is 11.1. The van der Waals surface area contributed by atoms with Crippen LogP contribution in [0.15, 0.2) is 60.7 Å². The molecule has 6 nitrogen and oxygen atoms in total. The fourth-order valence-electron chi connectivity index (χ4n) is 5.21. The number of carboxylic acids is 1. The van der Waals surface area contributed by atoms with E-state index in [1.54, 1.807) is 0 Å². The summed E-state index contributed by atoms with van der Waals surface area (Å²) in [6.45, 7) is 2.49. The molecule has 0 spiro atoms. The van der Waals surface area contributed by atoms with Crippen LogP contribution in [0, 0.1) is 0 Å². The molecule has 2 atom stereocenters. The third-order valence-corrected chi connectivity index (χ3v) is 6.77. The summed E-state index contributed by atoms with van der Waals surface area (Å²) in [7, 11) is 0. The maximum atomic E-state index is 11.1. The highest BCUT2D eigenvalue weighted by atomic mass is 16.5. The zero-order chi connectivity index (χ0) is 22.4. The van der Waals surface area contributed by atoms with E-state index in [2.05, 4.69) is 41.3 Å². The molecule has 0 bridgehead atoms. The third kappa shape index (κ3) is 3.55. The van der Waals surface area contributed by atoms with Crippen LogP contribution in [0.1, 0.15) is 34.9 Å². The Balaban J connectivity index is 1.26. The van der Waals surface area contributed by atoms with Gasteiger partial charge in [-0.2, -0.15) is 0 Å². The summed E-state index contributed by atoms with van der Waals surface area (Å²) in [5.41, 5.74) is 5.54. The first-order valence-electron chi connectivity index (χ1n) is 11.4. The average molecular weight is 443 g/mol. The van der Waals surface area contributed by atoms with Crippen LogP contribution in [0.2, 0.25) is 0 Å². The van der Waals surface area contributed by atoms with E-state index < -0.39 is 5.97 Å². The van der Waals surface area contributed by atoms with Crippen molar-refractivity contribution in [3.8, 4) is 17.2 Å². The molecule has 0 saturated heterocycles. The monoisotopic (exact) mass is 443 g/mol. The van der Waals surface area contributed by atoms with E-state index in [4.69, 9.17) is 19.3 Å². The molecule has 1 N–H and O–H groups in total. The van der Waals surface area contributed by atoms with E-state index in [0.29, 0.717) is 19.8 Å².